The Hall–Kier alpha value is -1.39. The zero-order valence-electron chi connectivity index (χ0n) is 13.2. The average Bonchev–Trinajstić information content (AvgIpc) is 3.11. The summed E-state index contributed by atoms with van der Waals surface area (Å²) in [6.45, 7) is 5.03. The van der Waals surface area contributed by atoms with Crippen molar-refractivity contribution >= 4 is 11.3 Å². The lowest BCUT2D eigenvalue weighted by molar-refractivity contribution is 0.233. The second kappa shape index (κ2) is 7.25. The Morgan fingerprint density at radius 2 is 2.05 bits per heavy atom. The molecule has 1 unspecified atom stereocenters. The zero-order chi connectivity index (χ0) is 15.4. The van der Waals surface area contributed by atoms with E-state index in [1.807, 2.05) is 16.9 Å². The third kappa shape index (κ3) is 3.68. The van der Waals surface area contributed by atoms with Crippen molar-refractivity contribution in [1.29, 1.82) is 0 Å². The zero-order valence-corrected chi connectivity index (χ0v) is 14.0. The highest BCUT2D eigenvalue weighted by atomic mass is 32.1. The summed E-state index contributed by atoms with van der Waals surface area (Å²) in [5.41, 5.74) is 2.52. The molecule has 3 nitrogen and oxygen atoms in total. The van der Waals surface area contributed by atoms with Crippen molar-refractivity contribution in [3.05, 3.63) is 56.6 Å². The topological polar surface area (TPSA) is 25.2 Å². The molecular weight excluding hydrogens is 292 g/mol. The molecule has 0 saturated carbocycles. The van der Waals surface area contributed by atoms with E-state index in [9.17, 15) is 4.79 Å². The van der Waals surface area contributed by atoms with Crippen LogP contribution in [0.2, 0.25) is 0 Å². The molecule has 22 heavy (non-hydrogen) atoms. The number of rotatable bonds is 6. The van der Waals surface area contributed by atoms with Gasteiger partial charge in [0.05, 0.1) is 0 Å². The number of nitrogens with zero attached hydrogens (tertiary/aromatic N) is 2. The minimum atomic E-state index is 0.178. The van der Waals surface area contributed by atoms with Gasteiger partial charge in [-0.3, -0.25) is 9.69 Å². The lowest BCUT2D eigenvalue weighted by Gasteiger charge is -2.24. The summed E-state index contributed by atoms with van der Waals surface area (Å²) in [5.74, 6) is 0. The van der Waals surface area contributed by atoms with E-state index in [-0.39, 0.29) is 4.87 Å². The average molecular weight is 316 g/mol. The fourth-order valence-corrected chi connectivity index (χ4v) is 4.16. The summed E-state index contributed by atoms with van der Waals surface area (Å²) in [6, 6.07) is 11.4. The van der Waals surface area contributed by atoms with Crippen molar-refractivity contribution in [2.75, 3.05) is 13.1 Å². The molecule has 0 amide bonds. The lowest BCUT2D eigenvalue weighted by atomic mass is 10.0. The van der Waals surface area contributed by atoms with Crippen molar-refractivity contribution in [2.24, 2.45) is 0 Å². The number of aryl methyl sites for hydroxylation is 2. The largest absolute Gasteiger partial charge is 0.307 e. The third-order valence-corrected chi connectivity index (χ3v) is 5.58. The maximum absolute atomic E-state index is 11.8. The first kappa shape index (κ1) is 15.5. The monoisotopic (exact) mass is 316 g/mol. The van der Waals surface area contributed by atoms with Gasteiger partial charge in [-0.25, -0.2) is 0 Å². The van der Waals surface area contributed by atoms with Crippen LogP contribution in [0.5, 0.6) is 0 Å². The molecule has 0 spiro atoms. The van der Waals surface area contributed by atoms with Crippen LogP contribution < -0.4 is 4.87 Å². The predicted molar refractivity (Wildman–Crippen MR) is 92.7 cm³/mol. The van der Waals surface area contributed by atoms with Gasteiger partial charge >= 0.3 is 4.87 Å². The lowest BCUT2D eigenvalue weighted by Crippen LogP contribution is -2.34. The van der Waals surface area contributed by atoms with Gasteiger partial charge in [0.2, 0.25) is 0 Å². The van der Waals surface area contributed by atoms with Gasteiger partial charge in [0.1, 0.15) is 0 Å². The van der Waals surface area contributed by atoms with E-state index in [2.05, 4.69) is 35.2 Å². The molecule has 1 saturated heterocycles. The fourth-order valence-electron chi connectivity index (χ4n) is 3.40. The van der Waals surface area contributed by atoms with E-state index in [1.165, 1.54) is 42.7 Å². The molecular formula is C18H24N2OS. The minimum Gasteiger partial charge on any atom is -0.302 e. The van der Waals surface area contributed by atoms with Crippen LogP contribution in [0, 0.1) is 6.92 Å². The molecule has 1 fully saturated rings. The molecule has 0 aliphatic carbocycles. The maximum atomic E-state index is 11.8. The van der Waals surface area contributed by atoms with Crippen LogP contribution in [0.4, 0.5) is 0 Å². The SMILES string of the molecule is Cc1csc(=O)n1CCN1CCCC1CCc1ccccc1. The first-order valence-electron chi connectivity index (χ1n) is 8.17. The van der Waals surface area contributed by atoms with Gasteiger partial charge in [0.15, 0.2) is 0 Å². The molecule has 2 heterocycles. The van der Waals surface area contributed by atoms with Crippen molar-refractivity contribution in [3.8, 4) is 0 Å². The van der Waals surface area contributed by atoms with Crippen molar-refractivity contribution in [3.63, 3.8) is 0 Å². The normalized spacial score (nSPS) is 18.9. The first-order chi connectivity index (χ1) is 10.7. The number of aromatic nitrogens is 1. The van der Waals surface area contributed by atoms with E-state index in [1.54, 1.807) is 0 Å². The second-order valence-electron chi connectivity index (χ2n) is 6.15. The molecule has 1 aliphatic heterocycles. The summed E-state index contributed by atoms with van der Waals surface area (Å²) in [5, 5.41) is 1.96. The van der Waals surface area contributed by atoms with Crippen LogP contribution in [0.3, 0.4) is 0 Å². The smallest absolute Gasteiger partial charge is 0.302 e. The van der Waals surface area contributed by atoms with Crippen molar-refractivity contribution in [1.82, 2.24) is 9.47 Å². The molecule has 4 heteroatoms. The Morgan fingerprint density at radius 3 is 2.77 bits per heavy atom. The van der Waals surface area contributed by atoms with Crippen molar-refractivity contribution in [2.45, 2.75) is 45.2 Å². The number of benzene rings is 1. The van der Waals surface area contributed by atoms with E-state index >= 15 is 0 Å². The fraction of sp³-hybridized carbons (Fsp3) is 0.500. The molecule has 3 rings (SSSR count). The van der Waals surface area contributed by atoms with E-state index in [4.69, 9.17) is 0 Å². The summed E-state index contributed by atoms with van der Waals surface area (Å²) in [7, 11) is 0. The van der Waals surface area contributed by atoms with Crippen LogP contribution in [-0.2, 0) is 13.0 Å². The first-order valence-corrected chi connectivity index (χ1v) is 9.05. The Labute approximate surface area is 136 Å². The molecule has 1 aliphatic rings. The molecule has 118 valence electrons. The molecule has 1 aromatic heterocycles. The second-order valence-corrected chi connectivity index (χ2v) is 6.97. The van der Waals surface area contributed by atoms with Gasteiger partial charge in [0, 0.05) is 30.2 Å². The minimum absolute atomic E-state index is 0.178. The Balaban J connectivity index is 1.53. The molecule has 0 N–H and O–H groups in total. The summed E-state index contributed by atoms with van der Waals surface area (Å²) < 4.78 is 1.91. The molecule has 0 radical (unpaired) electrons. The van der Waals surface area contributed by atoms with Gasteiger partial charge in [-0.2, -0.15) is 0 Å². The number of likely N-dealkylation sites (tertiary alicyclic amines) is 1. The van der Waals surface area contributed by atoms with Gasteiger partial charge < -0.3 is 4.57 Å². The van der Waals surface area contributed by atoms with Crippen LogP contribution in [-0.4, -0.2) is 28.6 Å². The Bertz CT molecular complexity index is 647. The van der Waals surface area contributed by atoms with Crippen LogP contribution in [0.15, 0.2) is 40.5 Å². The Morgan fingerprint density at radius 1 is 1.23 bits per heavy atom. The highest BCUT2D eigenvalue weighted by molar-refractivity contribution is 7.07. The maximum Gasteiger partial charge on any atom is 0.307 e. The van der Waals surface area contributed by atoms with E-state index in [0.29, 0.717) is 6.04 Å². The van der Waals surface area contributed by atoms with Crippen LogP contribution in [0.1, 0.15) is 30.5 Å². The standard InChI is InChI=1S/C18H24N2OS/c1-15-14-22-18(21)20(15)13-12-19-11-5-8-17(19)10-9-16-6-3-2-4-7-16/h2-4,6-7,14,17H,5,8-13H2,1H3. The molecule has 1 atom stereocenters. The number of hydrogen-bond donors (Lipinski definition) is 0. The van der Waals surface area contributed by atoms with E-state index in [0.717, 1.165) is 25.2 Å². The quantitative estimate of drug-likeness (QED) is 0.817. The van der Waals surface area contributed by atoms with Crippen molar-refractivity contribution < 1.29 is 0 Å². The Kier molecular flexibility index (Phi) is 5.11. The number of thiazole rings is 1. The third-order valence-electron chi connectivity index (χ3n) is 4.70. The van der Waals surface area contributed by atoms with Gasteiger partial charge in [-0.1, -0.05) is 41.7 Å². The number of hydrogen-bond acceptors (Lipinski definition) is 3. The van der Waals surface area contributed by atoms with Gasteiger partial charge in [-0.05, 0) is 44.7 Å². The highest BCUT2D eigenvalue weighted by Crippen LogP contribution is 2.21. The summed E-state index contributed by atoms with van der Waals surface area (Å²) in [4.78, 5) is 14.6. The molecule has 0 bridgehead atoms. The van der Waals surface area contributed by atoms with Crippen LogP contribution in [0.25, 0.3) is 0 Å². The molecule has 2 aromatic rings. The predicted octanol–water partition coefficient (Wildman–Crippen LogP) is 3.32. The van der Waals surface area contributed by atoms with Gasteiger partial charge in [-0.15, -0.1) is 0 Å². The summed E-state index contributed by atoms with van der Waals surface area (Å²) >= 11 is 1.31. The van der Waals surface area contributed by atoms with Gasteiger partial charge in [0.25, 0.3) is 0 Å². The highest BCUT2D eigenvalue weighted by Gasteiger charge is 2.23. The molecule has 1 aromatic carbocycles. The van der Waals surface area contributed by atoms with E-state index < -0.39 is 0 Å². The summed E-state index contributed by atoms with van der Waals surface area (Å²) in [6.07, 6.45) is 4.96. The van der Waals surface area contributed by atoms with Crippen LogP contribution >= 0.6 is 11.3 Å².